The lowest BCUT2D eigenvalue weighted by atomic mass is 10.0. The molecule has 44 heavy (non-hydrogen) atoms. The molecule has 0 saturated heterocycles. The number of nitrogens with one attached hydrogen (secondary N) is 3. The molecule has 9 heteroatoms. The molecule has 2 heterocycles. The van der Waals surface area contributed by atoms with E-state index in [9.17, 15) is 9.59 Å². The molecule has 0 aliphatic carbocycles. The van der Waals surface area contributed by atoms with Gasteiger partial charge in [0, 0.05) is 57.8 Å². The highest BCUT2D eigenvalue weighted by Gasteiger charge is 2.23. The van der Waals surface area contributed by atoms with Gasteiger partial charge in [0.2, 0.25) is 0 Å². The Bertz CT molecular complexity index is 1930. The third-order valence-electron chi connectivity index (χ3n) is 7.38. The predicted molar refractivity (Wildman–Crippen MR) is 174 cm³/mol. The fourth-order valence-corrected chi connectivity index (χ4v) is 5.30. The van der Waals surface area contributed by atoms with E-state index in [4.69, 9.17) is 16.3 Å². The summed E-state index contributed by atoms with van der Waals surface area (Å²) in [6.45, 7) is 0.742. The Kier molecular flexibility index (Phi) is 8.70. The lowest BCUT2D eigenvalue weighted by molar-refractivity contribution is -0.123. The van der Waals surface area contributed by atoms with Crippen LogP contribution in [0, 0.1) is 0 Å². The number of para-hydroxylation sites is 2. The maximum atomic E-state index is 13.4. The third-order valence-corrected chi connectivity index (χ3v) is 7.64. The van der Waals surface area contributed by atoms with Crippen molar-refractivity contribution in [3.8, 4) is 0 Å². The number of hydrazone groups is 1. The Morgan fingerprint density at radius 3 is 2.43 bits per heavy atom. The molecule has 6 rings (SSSR count). The molecule has 0 saturated carbocycles. The number of hydrogen-bond acceptors (Lipinski definition) is 4. The van der Waals surface area contributed by atoms with Gasteiger partial charge in [-0.05, 0) is 41.0 Å². The van der Waals surface area contributed by atoms with Crippen molar-refractivity contribution < 1.29 is 14.3 Å². The number of amides is 2. The molecule has 220 valence electrons. The zero-order valence-corrected chi connectivity index (χ0v) is 24.5. The number of carbonyl (C=O) groups excluding carboxylic acids is 2. The molecule has 2 amide bonds. The molecule has 0 aliphatic rings. The second-order valence-electron chi connectivity index (χ2n) is 10.4. The van der Waals surface area contributed by atoms with Crippen LogP contribution in [0.25, 0.3) is 21.8 Å². The van der Waals surface area contributed by atoms with E-state index in [1.807, 2.05) is 116 Å². The largest absolute Gasteiger partial charge is 0.445 e. The van der Waals surface area contributed by atoms with E-state index in [1.165, 1.54) is 0 Å². The van der Waals surface area contributed by atoms with Gasteiger partial charge in [-0.25, -0.2) is 10.2 Å². The SMILES string of the molecule is O=C(N[C@@H](Cc1c[nH]c2ccccc12)C(=O)N/N=C\c1cn(Cc2ccc(Cl)cc2)c2ccccc12)OCc1ccccc1. The van der Waals surface area contributed by atoms with Crippen LogP contribution in [0.15, 0.2) is 121 Å². The molecule has 6 aromatic rings. The summed E-state index contributed by atoms with van der Waals surface area (Å²) in [5.41, 5.74) is 8.30. The van der Waals surface area contributed by atoms with E-state index in [-0.39, 0.29) is 13.0 Å². The van der Waals surface area contributed by atoms with Crippen molar-refractivity contribution in [3.63, 3.8) is 0 Å². The lowest BCUT2D eigenvalue weighted by Crippen LogP contribution is -2.47. The quantitative estimate of drug-likeness (QED) is 0.118. The van der Waals surface area contributed by atoms with Crippen LogP contribution in [0.2, 0.25) is 5.02 Å². The molecule has 0 bridgehead atoms. The van der Waals surface area contributed by atoms with Gasteiger partial charge in [0.25, 0.3) is 5.91 Å². The van der Waals surface area contributed by atoms with Crippen molar-refractivity contribution in [2.45, 2.75) is 25.6 Å². The van der Waals surface area contributed by atoms with Crippen LogP contribution in [0.4, 0.5) is 4.79 Å². The van der Waals surface area contributed by atoms with Gasteiger partial charge in [-0.15, -0.1) is 0 Å². The van der Waals surface area contributed by atoms with E-state index in [0.717, 1.165) is 44.1 Å². The summed E-state index contributed by atoms with van der Waals surface area (Å²) in [6.07, 6.45) is 5.02. The molecule has 2 aromatic heterocycles. The van der Waals surface area contributed by atoms with Crippen LogP contribution in [-0.4, -0.2) is 33.8 Å². The summed E-state index contributed by atoms with van der Waals surface area (Å²) in [6, 6.07) is 32.0. The fraction of sp³-hybridized carbons (Fsp3) is 0.114. The van der Waals surface area contributed by atoms with Crippen molar-refractivity contribution >= 4 is 51.6 Å². The number of ether oxygens (including phenoxy) is 1. The van der Waals surface area contributed by atoms with Gasteiger partial charge >= 0.3 is 6.09 Å². The number of rotatable bonds is 10. The van der Waals surface area contributed by atoms with E-state index >= 15 is 0 Å². The molecule has 8 nitrogen and oxygen atoms in total. The smallest absolute Gasteiger partial charge is 0.408 e. The summed E-state index contributed by atoms with van der Waals surface area (Å²) in [7, 11) is 0. The number of halogens is 1. The molecule has 0 fully saturated rings. The first kappa shape index (κ1) is 28.8. The molecule has 0 spiro atoms. The second-order valence-corrected chi connectivity index (χ2v) is 10.8. The first-order valence-corrected chi connectivity index (χ1v) is 14.6. The minimum Gasteiger partial charge on any atom is -0.445 e. The van der Waals surface area contributed by atoms with Crippen LogP contribution < -0.4 is 10.7 Å². The molecule has 3 N–H and O–H groups in total. The Labute approximate surface area is 259 Å². The summed E-state index contributed by atoms with van der Waals surface area (Å²) >= 11 is 6.06. The topological polar surface area (TPSA) is 101 Å². The summed E-state index contributed by atoms with van der Waals surface area (Å²) in [4.78, 5) is 29.4. The van der Waals surface area contributed by atoms with E-state index < -0.39 is 18.0 Å². The van der Waals surface area contributed by atoms with Crippen LogP contribution in [0.1, 0.15) is 22.3 Å². The number of hydrogen-bond donors (Lipinski definition) is 3. The summed E-state index contributed by atoms with van der Waals surface area (Å²) in [5, 5.41) is 9.67. The predicted octanol–water partition coefficient (Wildman–Crippen LogP) is 6.81. The van der Waals surface area contributed by atoms with Gasteiger partial charge in [0.05, 0.1) is 6.21 Å². The normalized spacial score (nSPS) is 12.0. The summed E-state index contributed by atoms with van der Waals surface area (Å²) < 4.78 is 7.54. The molecule has 0 radical (unpaired) electrons. The van der Waals surface area contributed by atoms with Crippen molar-refractivity contribution in [1.29, 1.82) is 0 Å². The van der Waals surface area contributed by atoms with Crippen molar-refractivity contribution in [2.24, 2.45) is 5.10 Å². The fourth-order valence-electron chi connectivity index (χ4n) is 5.18. The zero-order valence-electron chi connectivity index (χ0n) is 23.7. The number of benzene rings is 4. The summed E-state index contributed by atoms with van der Waals surface area (Å²) in [5.74, 6) is -0.465. The van der Waals surface area contributed by atoms with Crippen LogP contribution in [-0.2, 0) is 29.1 Å². The molecular formula is C35H30ClN5O3. The van der Waals surface area contributed by atoms with E-state index in [2.05, 4.69) is 25.4 Å². The number of nitrogens with zero attached hydrogens (tertiary/aromatic N) is 2. The lowest BCUT2D eigenvalue weighted by Gasteiger charge is -2.17. The van der Waals surface area contributed by atoms with Gasteiger partial charge in [-0.1, -0.05) is 90.5 Å². The minimum atomic E-state index is -0.930. The van der Waals surface area contributed by atoms with Crippen molar-refractivity contribution in [2.75, 3.05) is 0 Å². The highest BCUT2D eigenvalue weighted by molar-refractivity contribution is 6.30. The molecule has 4 aromatic carbocycles. The Morgan fingerprint density at radius 2 is 1.61 bits per heavy atom. The third kappa shape index (κ3) is 6.82. The van der Waals surface area contributed by atoms with Gasteiger partial charge in [0.15, 0.2) is 0 Å². The first-order chi connectivity index (χ1) is 21.5. The monoisotopic (exact) mass is 603 g/mol. The standard InChI is InChI=1S/C35H30ClN5O3/c36-28-16-14-24(15-17-28)21-41-22-27(30-11-5-7-13-33(30)41)20-38-40-34(42)32(18-26-19-37-31-12-6-4-10-29(26)31)39-35(43)44-23-25-8-2-1-3-9-25/h1-17,19-20,22,32,37H,18,21,23H2,(H,39,43)(H,40,42)/b38-20-/t32-/m0/s1. The number of alkyl carbamates (subject to hydrolysis) is 1. The Hall–Kier alpha value is -5.34. The van der Waals surface area contributed by atoms with Crippen molar-refractivity contribution in [1.82, 2.24) is 20.3 Å². The van der Waals surface area contributed by atoms with Crippen LogP contribution in [0.5, 0.6) is 0 Å². The highest BCUT2D eigenvalue weighted by atomic mass is 35.5. The number of carbonyl (C=O) groups is 2. The van der Waals surface area contributed by atoms with Gasteiger partial charge in [0.1, 0.15) is 12.6 Å². The Balaban J connectivity index is 1.18. The first-order valence-electron chi connectivity index (χ1n) is 14.2. The van der Waals surface area contributed by atoms with E-state index in [0.29, 0.717) is 11.6 Å². The number of H-pyrrole nitrogens is 1. The number of aromatic amines is 1. The second kappa shape index (κ2) is 13.3. The Morgan fingerprint density at radius 1 is 0.886 bits per heavy atom. The highest BCUT2D eigenvalue weighted by Crippen LogP contribution is 2.22. The van der Waals surface area contributed by atoms with Crippen LogP contribution >= 0.6 is 11.6 Å². The number of aromatic nitrogens is 2. The van der Waals surface area contributed by atoms with Crippen LogP contribution in [0.3, 0.4) is 0 Å². The maximum Gasteiger partial charge on any atom is 0.408 e. The van der Waals surface area contributed by atoms with E-state index in [1.54, 1.807) is 6.21 Å². The number of fused-ring (bicyclic) bond motifs is 2. The molecule has 0 aliphatic heterocycles. The van der Waals surface area contributed by atoms with Gasteiger partial charge in [-0.2, -0.15) is 5.10 Å². The zero-order chi connectivity index (χ0) is 30.3. The van der Waals surface area contributed by atoms with Gasteiger partial charge in [-0.3, -0.25) is 4.79 Å². The molecule has 1 atom stereocenters. The average Bonchev–Trinajstić information content (AvgIpc) is 3.62. The molecule has 0 unspecified atom stereocenters. The average molecular weight is 604 g/mol. The maximum absolute atomic E-state index is 13.4. The van der Waals surface area contributed by atoms with Gasteiger partial charge < -0.3 is 19.6 Å². The molecular weight excluding hydrogens is 574 g/mol. The minimum absolute atomic E-state index is 0.0896. The van der Waals surface area contributed by atoms with Crippen molar-refractivity contribution in [3.05, 3.63) is 143 Å².